The van der Waals surface area contributed by atoms with Gasteiger partial charge in [0.1, 0.15) is 12.2 Å². The molecule has 0 saturated carbocycles. The monoisotopic (exact) mass is 156 g/mol. The van der Waals surface area contributed by atoms with Gasteiger partial charge in [-0.3, -0.25) is 5.10 Å². The highest BCUT2D eigenvalue weighted by molar-refractivity contribution is 4.92. The number of rotatable bonds is 3. The number of hydrogen-bond acceptors (Lipinski definition) is 4. The smallest absolute Gasteiger partial charge is 0.137 e. The zero-order chi connectivity index (χ0) is 8.32. The van der Waals surface area contributed by atoms with E-state index in [-0.39, 0.29) is 6.61 Å². The minimum atomic E-state index is -0.612. The Morgan fingerprint density at radius 2 is 2.55 bits per heavy atom. The second-order valence-electron chi connectivity index (χ2n) is 2.92. The summed E-state index contributed by atoms with van der Waals surface area (Å²) >= 11 is 0. The Balaban J connectivity index is 2.56. The van der Waals surface area contributed by atoms with E-state index in [0.29, 0.717) is 12.2 Å². The van der Waals surface area contributed by atoms with Gasteiger partial charge in [0.05, 0.1) is 6.61 Å². The Bertz CT molecular complexity index is 206. The van der Waals surface area contributed by atoms with Crippen LogP contribution in [0.1, 0.15) is 12.7 Å². The third-order valence-electron chi connectivity index (χ3n) is 1.40. The third kappa shape index (κ3) is 2.28. The number of aliphatic hydroxyl groups is 1. The second-order valence-corrected chi connectivity index (χ2v) is 2.92. The first-order valence-corrected chi connectivity index (χ1v) is 3.38. The van der Waals surface area contributed by atoms with Crippen molar-refractivity contribution in [2.75, 3.05) is 6.61 Å². The van der Waals surface area contributed by atoms with Crippen molar-refractivity contribution in [3.8, 4) is 0 Å². The average Bonchev–Trinajstić information content (AvgIpc) is 2.39. The van der Waals surface area contributed by atoms with Gasteiger partial charge in [0.15, 0.2) is 0 Å². The summed E-state index contributed by atoms with van der Waals surface area (Å²) in [5.41, 5.74) is 5.06. The minimum absolute atomic E-state index is 0.0618. The summed E-state index contributed by atoms with van der Waals surface area (Å²) < 4.78 is 0. The van der Waals surface area contributed by atoms with Crippen LogP contribution in [0.5, 0.6) is 0 Å². The van der Waals surface area contributed by atoms with Crippen molar-refractivity contribution in [1.82, 2.24) is 15.2 Å². The number of aromatic amines is 1. The van der Waals surface area contributed by atoms with Gasteiger partial charge in [-0.05, 0) is 6.92 Å². The molecule has 5 nitrogen and oxygen atoms in total. The largest absolute Gasteiger partial charge is 0.394 e. The van der Waals surface area contributed by atoms with Gasteiger partial charge >= 0.3 is 0 Å². The molecule has 0 spiro atoms. The summed E-state index contributed by atoms with van der Waals surface area (Å²) in [6.45, 7) is 1.70. The van der Waals surface area contributed by atoms with Crippen molar-refractivity contribution < 1.29 is 5.11 Å². The van der Waals surface area contributed by atoms with Crippen LogP contribution in [-0.4, -0.2) is 32.4 Å². The maximum Gasteiger partial charge on any atom is 0.137 e. The normalized spacial score (nSPS) is 16.3. The quantitative estimate of drug-likeness (QED) is 0.527. The van der Waals surface area contributed by atoms with Gasteiger partial charge in [0.25, 0.3) is 0 Å². The number of nitrogens with zero attached hydrogens (tertiary/aromatic N) is 2. The minimum Gasteiger partial charge on any atom is -0.394 e. The lowest BCUT2D eigenvalue weighted by Crippen LogP contribution is -2.42. The molecule has 1 unspecified atom stereocenters. The van der Waals surface area contributed by atoms with Crippen LogP contribution in [0.2, 0.25) is 0 Å². The van der Waals surface area contributed by atoms with Crippen LogP contribution in [0.4, 0.5) is 0 Å². The third-order valence-corrected chi connectivity index (χ3v) is 1.40. The van der Waals surface area contributed by atoms with E-state index in [1.807, 2.05) is 0 Å². The van der Waals surface area contributed by atoms with Crippen LogP contribution < -0.4 is 5.73 Å². The van der Waals surface area contributed by atoms with Gasteiger partial charge in [-0.15, -0.1) is 0 Å². The van der Waals surface area contributed by atoms with E-state index >= 15 is 0 Å². The van der Waals surface area contributed by atoms with Crippen molar-refractivity contribution in [3.63, 3.8) is 0 Å². The number of aromatic nitrogens is 3. The molecule has 0 aliphatic rings. The van der Waals surface area contributed by atoms with Gasteiger partial charge < -0.3 is 10.8 Å². The molecule has 11 heavy (non-hydrogen) atoms. The molecule has 5 heteroatoms. The molecule has 0 amide bonds. The van der Waals surface area contributed by atoms with Gasteiger partial charge in [-0.25, -0.2) is 4.98 Å². The van der Waals surface area contributed by atoms with Crippen LogP contribution in [0.15, 0.2) is 6.33 Å². The molecule has 0 aliphatic carbocycles. The van der Waals surface area contributed by atoms with E-state index in [1.54, 1.807) is 6.92 Å². The van der Waals surface area contributed by atoms with Crippen LogP contribution in [0.3, 0.4) is 0 Å². The molecule has 4 N–H and O–H groups in total. The molecule has 0 radical (unpaired) electrons. The summed E-state index contributed by atoms with van der Waals surface area (Å²) in [6.07, 6.45) is 1.92. The van der Waals surface area contributed by atoms with Crippen LogP contribution in [0.25, 0.3) is 0 Å². The van der Waals surface area contributed by atoms with E-state index in [9.17, 15) is 0 Å². The zero-order valence-corrected chi connectivity index (χ0v) is 6.41. The Morgan fingerprint density at radius 3 is 3.00 bits per heavy atom. The Hall–Kier alpha value is -0.940. The Kier molecular flexibility index (Phi) is 2.21. The molecule has 1 heterocycles. The molecule has 1 atom stereocenters. The zero-order valence-electron chi connectivity index (χ0n) is 6.41. The molecule has 1 aromatic heterocycles. The average molecular weight is 156 g/mol. The molecular formula is C6H12N4O. The second kappa shape index (κ2) is 2.98. The van der Waals surface area contributed by atoms with E-state index < -0.39 is 5.54 Å². The SMILES string of the molecule is CC(N)(CO)Cc1ncn[nH]1. The lowest BCUT2D eigenvalue weighted by atomic mass is 10.0. The van der Waals surface area contributed by atoms with Gasteiger partial charge in [0, 0.05) is 12.0 Å². The maximum atomic E-state index is 8.81. The summed E-state index contributed by atoms with van der Waals surface area (Å²) in [6, 6.07) is 0. The summed E-state index contributed by atoms with van der Waals surface area (Å²) in [5, 5.41) is 15.1. The summed E-state index contributed by atoms with van der Waals surface area (Å²) in [7, 11) is 0. The fourth-order valence-electron chi connectivity index (χ4n) is 0.754. The molecular weight excluding hydrogens is 144 g/mol. The molecule has 0 aliphatic heterocycles. The highest BCUT2D eigenvalue weighted by atomic mass is 16.3. The Labute approximate surface area is 64.6 Å². The van der Waals surface area contributed by atoms with E-state index in [2.05, 4.69) is 15.2 Å². The number of nitrogens with one attached hydrogen (secondary N) is 1. The molecule has 0 bridgehead atoms. The molecule has 0 fully saturated rings. The lowest BCUT2D eigenvalue weighted by molar-refractivity contribution is 0.206. The molecule has 62 valence electrons. The van der Waals surface area contributed by atoms with Crippen LogP contribution >= 0.6 is 0 Å². The standard InChI is InChI=1S/C6H12N4O/c1-6(7,3-11)2-5-8-4-9-10-5/h4,11H,2-3,7H2,1H3,(H,8,9,10). The summed E-state index contributed by atoms with van der Waals surface area (Å²) in [4.78, 5) is 3.89. The number of H-pyrrole nitrogens is 1. The number of hydrogen-bond donors (Lipinski definition) is 3. The predicted octanol–water partition coefficient (Wildman–Crippen LogP) is -0.943. The van der Waals surface area contributed by atoms with Crippen molar-refractivity contribution in [3.05, 3.63) is 12.2 Å². The van der Waals surface area contributed by atoms with E-state index in [0.717, 1.165) is 0 Å². The van der Waals surface area contributed by atoms with Crippen molar-refractivity contribution in [2.24, 2.45) is 5.73 Å². The van der Waals surface area contributed by atoms with E-state index in [1.165, 1.54) is 6.33 Å². The first-order valence-electron chi connectivity index (χ1n) is 3.38. The number of nitrogens with two attached hydrogens (primary N) is 1. The molecule has 0 saturated heterocycles. The van der Waals surface area contributed by atoms with Crippen molar-refractivity contribution in [1.29, 1.82) is 0 Å². The maximum absolute atomic E-state index is 8.81. The van der Waals surface area contributed by atoms with Crippen molar-refractivity contribution in [2.45, 2.75) is 18.9 Å². The lowest BCUT2D eigenvalue weighted by Gasteiger charge is -2.19. The van der Waals surface area contributed by atoms with E-state index in [4.69, 9.17) is 10.8 Å². The van der Waals surface area contributed by atoms with Crippen LogP contribution in [-0.2, 0) is 6.42 Å². The first kappa shape index (κ1) is 8.16. The van der Waals surface area contributed by atoms with Gasteiger partial charge in [-0.2, -0.15) is 5.10 Å². The molecule has 1 aromatic rings. The molecule has 1 rings (SSSR count). The molecule has 0 aromatic carbocycles. The van der Waals surface area contributed by atoms with Gasteiger partial charge in [-0.1, -0.05) is 0 Å². The van der Waals surface area contributed by atoms with Gasteiger partial charge in [0.2, 0.25) is 0 Å². The summed E-state index contributed by atoms with van der Waals surface area (Å²) in [5.74, 6) is 0.698. The number of aliphatic hydroxyl groups excluding tert-OH is 1. The predicted molar refractivity (Wildman–Crippen MR) is 39.8 cm³/mol. The topological polar surface area (TPSA) is 87.8 Å². The fourth-order valence-corrected chi connectivity index (χ4v) is 0.754. The Morgan fingerprint density at radius 1 is 1.82 bits per heavy atom. The highest BCUT2D eigenvalue weighted by Gasteiger charge is 2.18. The van der Waals surface area contributed by atoms with Crippen molar-refractivity contribution >= 4 is 0 Å². The van der Waals surface area contributed by atoms with Crippen LogP contribution in [0, 0.1) is 0 Å². The fraction of sp³-hybridized carbons (Fsp3) is 0.667. The first-order chi connectivity index (χ1) is 5.14. The highest BCUT2D eigenvalue weighted by Crippen LogP contribution is 2.03.